The van der Waals surface area contributed by atoms with Gasteiger partial charge in [-0.05, 0) is 22.9 Å². The molecule has 0 saturated carbocycles. The average Bonchev–Trinajstić information content (AvgIpc) is 2.30. The molecule has 1 aromatic heterocycles. The van der Waals surface area contributed by atoms with Gasteiger partial charge in [0, 0.05) is 11.8 Å². The van der Waals surface area contributed by atoms with Crippen LogP contribution in [0.25, 0.3) is 11.3 Å². The van der Waals surface area contributed by atoms with E-state index in [1.165, 1.54) is 11.1 Å². The molecule has 2 rings (SSSR count). The van der Waals surface area contributed by atoms with E-state index in [2.05, 4.69) is 64.5 Å². The van der Waals surface area contributed by atoms with Crippen LogP contribution in [0.4, 0.5) is 0 Å². The fourth-order valence-electron chi connectivity index (χ4n) is 1.80. The lowest BCUT2D eigenvalue weighted by molar-refractivity contribution is 0.868. The van der Waals surface area contributed by atoms with Crippen LogP contribution in [-0.4, -0.2) is 4.98 Å². The minimum atomic E-state index is 0.522. The molecule has 0 radical (unpaired) electrons. The normalized spacial score (nSPS) is 10.8. The summed E-state index contributed by atoms with van der Waals surface area (Å²) in [5.74, 6) is 0.522. The van der Waals surface area contributed by atoms with Gasteiger partial charge in [0.2, 0.25) is 0 Å². The van der Waals surface area contributed by atoms with Crippen LogP contribution in [0.5, 0.6) is 0 Å². The first-order valence-electron chi connectivity index (χ1n) is 5.49. The van der Waals surface area contributed by atoms with Crippen LogP contribution < -0.4 is 5.30 Å². The predicted molar refractivity (Wildman–Crippen MR) is 73.1 cm³/mol. The Bertz CT molecular complexity index is 474. The summed E-state index contributed by atoms with van der Waals surface area (Å²) in [7, 11) is 2.66. The summed E-state index contributed by atoms with van der Waals surface area (Å²) >= 11 is 0. The van der Waals surface area contributed by atoms with E-state index < -0.39 is 0 Å². The standard InChI is InChI=1S/C14H16NP/c1-10(2)12-5-3-4-6-13(12)14-8-7-11(16)9-15-14/h3-10H,16H2,1-2H3. The summed E-state index contributed by atoms with van der Waals surface area (Å²) in [6, 6.07) is 12.6. The Balaban J connectivity index is 2.51. The van der Waals surface area contributed by atoms with Crippen molar-refractivity contribution < 1.29 is 0 Å². The minimum absolute atomic E-state index is 0.522. The lowest BCUT2D eigenvalue weighted by Gasteiger charge is -2.11. The summed E-state index contributed by atoms with van der Waals surface area (Å²) in [5, 5.41) is 1.12. The molecular weight excluding hydrogens is 213 g/mol. The zero-order valence-electron chi connectivity index (χ0n) is 9.64. The van der Waals surface area contributed by atoms with E-state index >= 15 is 0 Å². The van der Waals surface area contributed by atoms with Gasteiger partial charge < -0.3 is 0 Å². The van der Waals surface area contributed by atoms with Crippen molar-refractivity contribution in [1.29, 1.82) is 0 Å². The second-order valence-electron chi connectivity index (χ2n) is 4.22. The van der Waals surface area contributed by atoms with Gasteiger partial charge in [-0.2, -0.15) is 0 Å². The van der Waals surface area contributed by atoms with Crippen molar-refractivity contribution in [2.75, 3.05) is 0 Å². The SMILES string of the molecule is CC(C)c1ccccc1-c1ccc(P)cn1. The Morgan fingerprint density at radius 2 is 1.81 bits per heavy atom. The molecule has 0 fully saturated rings. The molecule has 1 nitrogen and oxygen atoms in total. The molecule has 2 aromatic rings. The molecule has 0 amide bonds. The van der Waals surface area contributed by atoms with Crippen LogP contribution in [0.3, 0.4) is 0 Å². The molecule has 82 valence electrons. The van der Waals surface area contributed by atoms with Crippen LogP contribution in [0.15, 0.2) is 42.6 Å². The molecule has 0 saturated heterocycles. The fraction of sp³-hybridized carbons (Fsp3) is 0.214. The monoisotopic (exact) mass is 229 g/mol. The van der Waals surface area contributed by atoms with Gasteiger partial charge in [0.05, 0.1) is 5.69 Å². The van der Waals surface area contributed by atoms with E-state index in [9.17, 15) is 0 Å². The average molecular weight is 229 g/mol. The fourth-order valence-corrected chi connectivity index (χ4v) is 1.97. The number of pyridine rings is 1. The summed E-state index contributed by atoms with van der Waals surface area (Å²) in [4.78, 5) is 4.47. The number of aromatic nitrogens is 1. The third kappa shape index (κ3) is 2.31. The number of hydrogen-bond donors (Lipinski definition) is 0. The van der Waals surface area contributed by atoms with Gasteiger partial charge in [-0.3, -0.25) is 4.98 Å². The highest BCUT2D eigenvalue weighted by Crippen LogP contribution is 2.27. The van der Waals surface area contributed by atoms with Crippen molar-refractivity contribution in [3.05, 3.63) is 48.2 Å². The zero-order chi connectivity index (χ0) is 11.5. The van der Waals surface area contributed by atoms with E-state index in [1.54, 1.807) is 0 Å². The topological polar surface area (TPSA) is 12.9 Å². The predicted octanol–water partition coefficient (Wildman–Crippen LogP) is 3.37. The first kappa shape index (κ1) is 11.3. The largest absolute Gasteiger partial charge is 0.256 e. The van der Waals surface area contributed by atoms with Crippen molar-refractivity contribution in [3.8, 4) is 11.3 Å². The van der Waals surface area contributed by atoms with E-state index in [1.807, 2.05) is 6.20 Å². The molecule has 1 aromatic carbocycles. The highest BCUT2D eigenvalue weighted by Gasteiger charge is 2.08. The van der Waals surface area contributed by atoms with E-state index in [0.717, 1.165) is 11.0 Å². The number of benzene rings is 1. The molecule has 16 heavy (non-hydrogen) atoms. The van der Waals surface area contributed by atoms with Crippen molar-refractivity contribution in [2.24, 2.45) is 0 Å². The van der Waals surface area contributed by atoms with Crippen LogP contribution in [0.2, 0.25) is 0 Å². The molecule has 0 N–H and O–H groups in total. The van der Waals surface area contributed by atoms with Gasteiger partial charge in [-0.1, -0.05) is 44.2 Å². The molecule has 0 aliphatic rings. The molecule has 0 aliphatic carbocycles. The van der Waals surface area contributed by atoms with Gasteiger partial charge in [-0.25, -0.2) is 0 Å². The highest BCUT2D eigenvalue weighted by molar-refractivity contribution is 7.27. The zero-order valence-corrected chi connectivity index (χ0v) is 10.8. The van der Waals surface area contributed by atoms with E-state index in [0.29, 0.717) is 5.92 Å². The van der Waals surface area contributed by atoms with Gasteiger partial charge in [-0.15, -0.1) is 9.24 Å². The number of hydrogen-bond acceptors (Lipinski definition) is 1. The number of rotatable bonds is 2. The van der Waals surface area contributed by atoms with Crippen molar-refractivity contribution in [3.63, 3.8) is 0 Å². The molecule has 2 heteroatoms. The van der Waals surface area contributed by atoms with Crippen LogP contribution in [0.1, 0.15) is 25.3 Å². The second kappa shape index (κ2) is 4.76. The molecule has 0 spiro atoms. The first-order chi connectivity index (χ1) is 7.68. The molecule has 1 unspecified atom stereocenters. The number of nitrogens with zero attached hydrogens (tertiary/aromatic N) is 1. The molecule has 1 heterocycles. The smallest absolute Gasteiger partial charge is 0.0705 e. The van der Waals surface area contributed by atoms with Crippen molar-refractivity contribution in [2.45, 2.75) is 19.8 Å². The molecular formula is C14H16NP. The van der Waals surface area contributed by atoms with Gasteiger partial charge >= 0.3 is 0 Å². The van der Waals surface area contributed by atoms with Gasteiger partial charge in [0.25, 0.3) is 0 Å². The third-order valence-corrected chi connectivity index (χ3v) is 2.99. The summed E-state index contributed by atoms with van der Waals surface area (Å²) in [5.41, 5.74) is 3.64. The maximum absolute atomic E-state index is 4.47. The molecule has 0 bridgehead atoms. The Hall–Kier alpha value is -1.20. The van der Waals surface area contributed by atoms with E-state index in [-0.39, 0.29) is 0 Å². The van der Waals surface area contributed by atoms with Gasteiger partial charge in [0.15, 0.2) is 0 Å². The third-order valence-electron chi connectivity index (χ3n) is 2.65. The van der Waals surface area contributed by atoms with Crippen LogP contribution in [-0.2, 0) is 0 Å². The summed E-state index contributed by atoms with van der Waals surface area (Å²) in [6.07, 6.45) is 1.89. The summed E-state index contributed by atoms with van der Waals surface area (Å²) < 4.78 is 0. The lowest BCUT2D eigenvalue weighted by atomic mass is 9.95. The minimum Gasteiger partial charge on any atom is -0.256 e. The molecule has 0 aliphatic heterocycles. The van der Waals surface area contributed by atoms with E-state index in [4.69, 9.17) is 0 Å². The van der Waals surface area contributed by atoms with Crippen molar-refractivity contribution in [1.82, 2.24) is 4.98 Å². The van der Waals surface area contributed by atoms with Crippen molar-refractivity contribution >= 4 is 14.5 Å². The Labute approximate surface area is 99.1 Å². The summed E-state index contributed by atoms with van der Waals surface area (Å²) in [6.45, 7) is 4.42. The quantitative estimate of drug-likeness (QED) is 0.719. The van der Waals surface area contributed by atoms with Crippen LogP contribution in [0, 0.1) is 0 Å². The Morgan fingerprint density at radius 3 is 2.44 bits per heavy atom. The maximum Gasteiger partial charge on any atom is 0.0705 e. The maximum atomic E-state index is 4.47. The lowest BCUT2D eigenvalue weighted by Crippen LogP contribution is -1.96. The molecule has 1 atom stereocenters. The first-order valence-corrected chi connectivity index (χ1v) is 6.07. The Morgan fingerprint density at radius 1 is 1.06 bits per heavy atom. The van der Waals surface area contributed by atoms with Crippen LogP contribution >= 0.6 is 9.24 Å². The Kier molecular flexibility index (Phi) is 3.36. The highest BCUT2D eigenvalue weighted by atomic mass is 31.0. The van der Waals surface area contributed by atoms with Gasteiger partial charge in [0.1, 0.15) is 0 Å². The second-order valence-corrected chi connectivity index (χ2v) is 4.89.